The highest BCUT2D eigenvalue weighted by Gasteiger charge is 2.37. The van der Waals surface area contributed by atoms with Gasteiger partial charge in [0, 0.05) is 4.88 Å². The average Bonchev–Trinajstić information content (AvgIpc) is 2.98. The second-order valence-corrected chi connectivity index (χ2v) is 8.71. The number of aliphatic carboxylic acids is 1. The van der Waals surface area contributed by atoms with Crippen molar-refractivity contribution in [1.82, 2.24) is 0 Å². The number of hydrogen-bond donors (Lipinski definition) is 2. The SMILES string of the molecule is CCOC(=O)c1c(NC(=O)[C@@H]2CCCC[C@@H]2C(=O)O)sc2c1CC[C@@H](C)C2. The molecule has 1 aromatic heterocycles. The molecule has 0 spiro atoms. The zero-order valence-corrected chi connectivity index (χ0v) is 16.7. The van der Waals surface area contributed by atoms with E-state index in [2.05, 4.69) is 12.2 Å². The van der Waals surface area contributed by atoms with Crippen molar-refractivity contribution in [2.75, 3.05) is 11.9 Å². The number of thiophene rings is 1. The van der Waals surface area contributed by atoms with E-state index in [1.54, 1.807) is 6.92 Å². The van der Waals surface area contributed by atoms with Crippen LogP contribution in [0.1, 0.15) is 66.8 Å². The molecule has 2 aliphatic carbocycles. The van der Waals surface area contributed by atoms with Crippen LogP contribution in [-0.2, 0) is 27.2 Å². The van der Waals surface area contributed by atoms with E-state index in [-0.39, 0.29) is 12.5 Å². The summed E-state index contributed by atoms with van der Waals surface area (Å²) < 4.78 is 5.23. The topological polar surface area (TPSA) is 92.7 Å². The number of amides is 1. The van der Waals surface area contributed by atoms with Crippen LogP contribution < -0.4 is 5.32 Å². The van der Waals surface area contributed by atoms with Gasteiger partial charge in [0.2, 0.25) is 5.91 Å². The molecule has 1 saturated carbocycles. The van der Waals surface area contributed by atoms with Crippen LogP contribution in [0, 0.1) is 17.8 Å². The number of esters is 1. The lowest BCUT2D eigenvalue weighted by molar-refractivity contribution is -0.147. The molecule has 1 amide bonds. The fourth-order valence-electron chi connectivity index (χ4n) is 4.20. The number of rotatable bonds is 5. The van der Waals surface area contributed by atoms with E-state index >= 15 is 0 Å². The molecular weight excluding hydrogens is 366 g/mol. The third-order valence-corrected chi connectivity index (χ3v) is 6.82. The molecule has 0 unspecified atom stereocenters. The van der Waals surface area contributed by atoms with Gasteiger partial charge in [-0.3, -0.25) is 9.59 Å². The van der Waals surface area contributed by atoms with E-state index in [0.29, 0.717) is 29.3 Å². The number of nitrogens with one attached hydrogen (secondary N) is 1. The van der Waals surface area contributed by atoms with Crippen molar-refractivity contribution in [2.24, 2.45) is 17.8 Å². The first-order valence-electron chi connectivity index (χ1n) is 9.77. The van der Waals surface area contributed by atoms with E-state index in [4.69, 9.17) is 4.74 Å². The molecule has 0 radical (unpaired) electrons. The Balaban J connectivity index is 1.88. The Kier molecular flexibility index (Phi) is 6.19. The van der Waals surface area contributed by atoms with Crippen LogP contribution in [0.4, 0.5) is 5.00 Å². The van der Waals surface area contributed by atoms with Gasteiger partial charge >= 0.3 is 11.9 Å². The van der Waals surface area contributed by atoms with E-state index in [1.165, 1.54) is 11.3 Å². The third kappa shape index (κ3) is 4.18. The molecule has 3 atom stereocenters. The summed E-state index contributed by atoms with van der Waals surface area (Å²) in [6.45, 7) is 4.22. The zero-order chi connectivity index (χ0) is 19.6. The lowest BCUT2D eigenvalue weighted by Gasteiger charge is -2.27. The van der Waals surface area contributed by atoms with Crippen molar-refractivity contribution in [3.63, 3.8) is 0 Å². The van der Waals surface area contributed by atoms with Gasteiger partial charge in [-0.15, -0.1) is 11.3 Å². The lowest BCUT2D eigenvalue weighted by Crippen LogP contribution is -2.36. The van der Waals surface area contributed by atoms with Gasteiger partial charge < -0.3 is 15.2 Å². The molecule has 1 fully saturated rings. The minimum atomic E-state index is -0.917. The summed E-state index contributed by atoms with van der Waals surface area (Å²) in [6.07, 6.45) is 5.48. The normalized spacial score (nSPS) is 24.7. The zero-order valence-electron chi connectivity index (χ0n) is 15.9. The van der Waals surface area contributed by atoms with Gasteiger partial charge in [-0.05, 0) is 50.5 Å². The molecule has 1 aromatic rings. The van der Waals surface area contributed by atoms with E-state index in [1.807, 2.05) is 0 Å². The quantitative estimate of drug-likeness (QED) is 0.741. The van der Waals surface area contributed by atoms with Crippen LogP contribution in [-0.4, -0.2) is 29.6 Å². The minimum Gasteiger partial charge on any atom is -0.481 e. The van der Waals surface area contributed by atoms with Crippen molar-refractivity contribution < 1.29 is 24.2 Å². The van der Waals surface area contributed by atoms with Crippen molar-refractivity contribution in [2.45, 2.75) is 58.8 Å². The van der Waals surface area contributed by atoms with Gasteiger partial charge in [0.25, 0.3) is 0 Å². The lowest BCUT2D eigenvalue weighted by atomic mass is 9.78. The van der Waals surface area contributed by atoms with Gasteiger partial charge in [0.15, 0.2) is 0 Å². The number of carboxylic acids is 1. The van der Waals surface area contributed by atoms with Crippen LogP contribution in [0.3, 0.4) is 0 Å². The fourth-order valence-corrected chi connectivity index (χ4v) is 5.60. The monoisotopic (exact) mass is 393 g/mol. The number of anilines is 1. The third-order valence-electron chi connectivity index (χ3n) is 5.65. The highest BCUT2D eigenvalue weighted by Crippen LogP contribution is 2.41. The summed E-state index contributed by atoms with van der Waals surface area (Å²) in [7, 11) is 0. The number of ether oxygens (including phenoxy) is 1. The molecule has 1 heterocycles. The Hall–Kier alpha value is -1.89. The number of hydrogen-bond acceptors (Lipinski definition) is 5. The molecule has 2 aliphatic rings. The van der Waals surface area contributed by atoms with Gasteiger partial charge in [-0.25, -0.2) is 4.79 Å². The van der Waals surface area contributed by atoms with Gasteiger partial charge in [-0.2, -0.15) is 0 Å². The van der Waals surface area contributed by atoms with Crippen LogP contribution >= 0.6 is 11.3 Å². The molecule has 0 bridgehead atoms. The Morgan fingerprint density at radius 1 is 1.19 bits per heavy atom. The first kappa shape index (κ1) is 19.9. The number of carboxylic acid groups (broad SMARTS) is 1. The molecule has 2 N–H and O–H groups in total. The molecule has 0 aliphatic heterocycles. The Morgan fingerprint density at radius 2 is 1.89 bits per heavy atom. The predicted molar refractivity (Wildman–Crippen MR) is 103 cm³/mol. The Bertz CT molecular complexity index is 741. The van der Waals surface area contributed by atoms with Gasteiger partial charge in [0.05, 0.1) is 24.0 Å². The summed E-state index contributed by atoms with van der Waals surface area (Å²) in [5, 5.41) is 12.9. The molecule has 0 saturated heterocycles. The Labute approximate surface area is 163 Å². The van der Waals surface area contributed by atoms with Crippen molar-refractivity contribution in [1.29, 1.82) is 0 Å². The average molecular weight is 394 g/mol. The number of fused-ring (bicyclic) bond motifs is 1. The van der Waals surface area contributed by atoms with Gasteiger partial charge in [0.1, 0.15) is 5.00 Å². The van der Waals surface area contributed by atoms with Gasteiger partial charge in [-0.1, -0.05) is 19.8 Å². The van der Waals surface area contributed by atoms with Crippen LogP contribution in [0.5, 0.6) is 0 Å². The molecule has 3 rings (SSSR count). The van der Waals surface area contributed by atoms with Crippen LogP contribution in [0.25, 0.3) is 0 Å². The minimum absolute atomic E-state index is 0.275. The summed E-state index contributed by atoms with van der Waals surface area (Å²) >= 11 is 1.44. The standard InChI is InChI=1S/C20H27NO5S/c1-3-26-20(25)16-14-9-8-11(2)10-15(14)27-18(16)21-17(22)12-6-4-5-7-13(12)19(23)24/h11-13H,3-10H2,1-2H3,(H,21,22)(H,23,24)/t11-,12-,13+/m1/s1. The second kappa shape index (κ2) is 8.42. The summed E-state index contributed by atoms with van der Waals surface area (Å²) in [4.78, 5) is 38.1. The molecule has 6 nitrogen and oxygen atoms in total. The van der Waals surface area contributed by atoms with E-state index in [9.17, 15) is 19.5 Å². The second-order valence-electron chi connectivity index (χ2n) is 7.60. The van der Waals surface area contributed by atoms with Crippen molar-refractivity contribution in [3.8, 4) is 0 Å². The summed E-state index contributed by atoms with van der Waals surface area (Å²) in [6, 6.07) is 0. The number of carbonyl (C=O) groups excluding carboxylic acids is 2. The largest absolute Gasteiger partial charge is 0.481 e. The summed E-state index contributed by atoms with van der Waals surface area (Å²) in [5.74, 6) is -2.27. The molecule has 7 heteroatoms. The smallest absolute Gasteiger partial charge is 0.341 e. The summed E-state index contributed by atoms with van der Waals surface area (Å²) in [5.41, 5.74) is 1.46. The van der Waals surface area contributed by atoms with Crippen molar-refractivity contribution in [3.05, 3.63) is 16.0 Å². The van der Waals surface area contributed by atoms with Crippen LogP contribution in [0.15, 0.2) is 0 Å². The van der Waals surface area contributed by atoms with Crippen LogP contribution in [0.2, 0.25) is 0 Å². The molecule has 148 valence electrons. The maximum atomic E-state index is 12.9. The highest BCUT2D eigenvalue weighted by atomic mass is 32.1. The van der Waals surface area contributed by atoms with E-state index < -0.39 is 23.8 Å². The molecule has 27 heavy (non-hydrogen) atoms. The fraction of sp³-hybridized carbons (Fsp3) is 0.650. The molecular formula is C20H27NO5S. The maximum absolute atomic E-state index is 12.9. The first-order chi connectivity index (χ1) is 12.9. The number of carbonyl (C=O) groups is 3. The first-order valence-corrected chi connectivity index (χ1v) is 10.6. The predicted octanol–water partition coefficient (Wildman–Crippen LogP) is 3.88. The van der Waals surface area contributed by atoms with Crippen molar-refractivity contribution >= 4 is 34.2 Å². The Morgan fingerprint density at radius 3 is 2.56 bits per heavy atom. The maximum Gasteiger partial charge on any atom is 0.341 e. The molecule has 0 aromatic carbocycles. The highest BCUT2D eigenvalue weighted by molar-refractivity contribution is 7.17. The van der Waals surface area contributed by atoms with E-state index in [0.717, 1.165) is 42.5 Å².